The summed E-state index contributed by atoms with van der Waals surface area (Å²) < 4.78 is 11.3. The van der Waals surface area contributed by atoms with Crippen LogP contribution in [0.4, 0.5) is 5.88 Å². The molecule has 2 fully saturated rings. The maximum atomic E-state index is 10.8. The number of likely N-dealkylation sites (N-methyl/N-ethyl adjacent to an activating group) is 1. The molecule has 7 heteroatoms. The minimum Gasteiger partial charge on any atom is -0.404 e. The van der Waals surface area contributed by atoms with E-state index in [2.05, 4.69) is 10.2 Å². The molecule has 1 aliphatic heterocycles. The third kappa shape index (κ3) is 2.56. The standard InChI is InChI=1S/C13H19N3O4/c1-14-8-11-13(10-4-5-12(20-10)16(17)18)15(6-7-19-11)9-2-3-9/h4-5,9,11,13-14H,2-3,6-8H2,1H3. The van der Waals surface area contributed by atoms with Crippen LogP contribution in [0.5, 0.6) is 0 Å². The lowest BCUT2D eigenvalue weighted by Crippen LogP contribution is -2.49. The molecular formula is C13H19N3O4. The van der Waals surface area contributed by atoms with Crippen molar-refractivity contribution < 1.29 is 14.1 Å². The second-order valence-electron chi connectivity index (χ2n) is 5.31. The van der Waals surface area contributed by atoms with Gasteiger partial charge in [-0.2, -0.15) is 0 Å². The molecule has 2 heterocycles. The maximum absolute atomic E-state index is 10.8. The summed E-state index contributed by atoms with van der Waals surface area (Å²) in [6, 6.07) is 3.64. The van der Waals surface area contributed by atoms with E-state index in [1.165, 1.54) is 18.9 Å². The normalized spacial score (nSPS) is 27.6. The molecule has 2 aliphatic rings. The van der Waals surface area contributed by atoms with Crippen molar-refractivity contribution in [2.24, 2.45) is 0 Å². The van der Waals surface area contributed by atoms with Gasteiger partial charge in [0.15, 0.2) is 0 Å². The van der Waals surface area contributed by atoms with Gasteiger partial charge in [0, 0.05) is 19.1 Å². The first-order chi connectivity index (χ1) is 9.70. The second-order valence-corrected chi connectivity index (χ2v) is 5.31. The van der Waals surface area contributed by atoms with Crippen molar-refractivity contribution in [2.75, 3.05) is 26.7 Å². The summed E-state index contributed by atoms with van der Waals surface area (Å²) in [5.41, 5.74) is 0. The number of hydrogen-bond acceptors (Lipinski definition) is 6. The monoisotopic (exact) mass is 281 g/mol. The number of morpholine rings is 1. The lowest BCUT2D eigenvalue weighted by molar-refractivity contribution is -0.402. The van der Waals surface area contributed by atoms with Crippen LogP contribution in [0.25, 0.3) is 0 Å². The lowest BCUT2D eigenvalue weighted by Gasteiger charge is -2.40. The van der Waals surface area contributed by atoms with E-state index in [0.717, 1.165) is 6.54 Å². The third-order valence-electron chi connectivity index (χ3n) is 3.90. The van der Waals surface area contributed by atoms with Gasteiger partial charge in [0.25, 0.3) is 0 Å². The molecule has 0 radical (unpaired) electrons. The highest BCUT2D eigenvalue weighted by atomic mass is 16.6. The van der Waals surface area contributed by atoms with E-state index in [4.69, 9.17) is 9.15 Å². The van der Waals surface area contributed by atoms with Gasteiger partial charge in [0.2, 0.25) is 0 Å². The minimum atomic E-state index is -0.498. The summed E-state index contributed by atoms with van der Waals surface area (Å²) in [7, 11) is 1.88. The van der Waals surface area contributed by atoms with Crippen LogP contribution in [-0.4, -0.2) is 48.7 Å². The highest BCUT2D eigenvalue weighted by molar-refractivity contribution is 5.21. The summed E-state index contributed by atoms with van der Waals surface area (Å²) in [4.78, 5) is 12.7. The number of nitrogens with one attached hydrogen (secondary N) is 1. The zero-order chi connectivity index (χ0) is 14.1. The highest BCUT2D eigenvalue weighted by Crippen LogP contribution is 2.39. The van der Waals surface area contributed by atoms with E-state index < -0.39 is 4.92 Å². The Morgan fingerprint density at radius 2 is 2.30 bits per heavy atom. The van der Waals surface area contributed by atoms with Gasteiger partial charge in [-0.25, -0.2) is 0 Å². The minimum absolute atomic E-state index is 0.0416. The van der Waals surface area contributed by atoms with E-state index in [1.54, 1.807) is 6.07 Å². The summed E-state index contributed by atoms with van der Waals surface area (Å²) in [5.74, 6) is 0.424. The Morgan fingerprint density at radius 3 is 2.90 bits per heavy atom. The molecule has 1 aromatic rings. The predicted molar refractivity (Wildman–Crippen MR) is 71.5 cm³/mol. The van der Waals surface area contributed by atoms with Crippen LogP contribution < -0.4 is 5.32 Å². The van der Waals surface area contributed by atoms with Gasteiger partial charge >= 0.3 is 5.88 Å². The molecule has 2 atom stereocenters. The van der Waals surface area contributed by atoms with Crippen molar-refractivity contribution in [3.05, 3.63) is 28.0 Å². The lowest BCUT2D eigenvalue weighted by atomic mass is 10.0. The Kier molecular flexibility index (Phi) is 3.73. The molecule has 1 aromatic heterocycles. The summed E-state index contributed by atoms with van der Waals surface area (Å²) in [5, 5.41) is 13.9. The average Bonchev–Trinajstić information content (AvgIpc) is 3.16. The van der Waals surface area contributed by atoms with Crippen LogP contribution in [-0.2, 0) is 4.74 Å². The first kappa shape index (κ1) is 13.5. The molecule has 0 spiro atoms. The number of furan rings is 1. The van der Waals surface area contributed by atoms with E-state index >= 15 is 0 Å². The van der Waals surface area contributed by atoms with Gasteiger partial charge in [-0.05, 0) is 26.0 Å². The first-order valence-electron chi connectivity index (χ1n) is 6.96. The van der Waals surface area contributed by atoms with Crippen molar-refractivity contribution in [1.82, 2.24) is 10.2 Å². The maximum Gasteiger partial charge on any atom is 0.433 e. The van der Waals surface area contributed by atoms with Crippen LogP contribution in [0.3, 0.4) is 0 Å². The number of rotatable bonds is 5. The SMILES string of the molecule is CNCC1OCCN(C2CC2)C1c1ccc([N+](=O)[O-])o1. The summed E-state index contributed by atoms with van der Waals surface area (Å²) in [6.45, 7) is 2.24. The van der Waals surface area contributed by atoms with Crippen molar-refractivity contribution in [2.45, 2.75) is 31.0 Å². The van der Waals surface area contributed by atoms with E-state index in [-0.39, 0.29) is 18.0 Å². The first-order valence-corrected chi connectivity index (χ1v) is 6.96. The highest BCUT2D eigenvalue weighted by Gasteiger charge is 2.42. The van der Waals surface area contributed by atoms with Crippen molar-refractivity contribution >= 4 is 5.88 Å². The van der Waals surface area contributed by atoms with Gasteiger partial charge in [-0.1, -0.05) is 0 Å². The van der Waals surface area contributed by atoms with E-state index in [9.17, 15) is 10.1 Å². The number of nitro groups is 1. The molecule has 3 rings (SSSR count). The fourth-order valence-electron chi connectivity index (χ4n) is 2.89. The van der Waals surface area contributed by atoms with Crippen LogP contribution in [0.1, 0.15) is 24.6 Å². The average molecular weight is 281 g/mol. The zero-order valence-electron chi connectivity index (χ0n) is 11.4. The van der Waals surface area contributed by atoms with Gasteiger partial charge in [0.05, 0.1) is 24.8 Å². The molecule has 0 aromatic carbocycles. The topological polar surface area (TPSA) is 80.8 Å². The van der Waals surface area contributed by atoms with Gasteiger partial charge in [-0.15, -0.1) is 0 Å². The molecule has 1 aliphatic carbocycles. The molecule has 20 heavy (non-hydrogen) atoms. The fraction of sp³-hybridized carbons (Fsp3) is 0.692. The number of nitrogens with zero attached hydrogens (tertiary/aromatic N) is 2. The van der Waals surface area contributed by atoms with E-state index in [1.807, 2.05) is 7.05 Å². The molecule has 7 nitrogen and oxygen atoms in total. The Morgan fingerprint density at radius 1 is 1.50 bits per heavy atom. The van der Waals surface area contributed by atoms with Gasteiger partial charge in [-0.3, -0.25) is 15.0 Å². The molecule has 0 amide bonds. The predicted octanol–water partition coefficient (Wildman–Crippen LogP) is 1.31. The number of hydrogen-bond donors (Lipinski definition) is 1. The third-order valence-corrected chi connectivity index (χ3v) is 3.90. The molecule has 1 saturated carbocycles. The smallest absolute Gasteiger partial charge is 0.404 e. The molecule has 1 N–H and O–H groups in total. The van der Waals surface area contributed by atoms with Crippen LogP contribution >= 0.6 is 0 Å². The Hall–Kier alpha value is -1.44. The Bertz CT molecular complexity index is 484. The van der Waals surface area contributed by atoms with Gasteiger partial charge in [0.1, 0.15) is 10.7 Å². The van der Waals surface area contributed by atoms with Crippen molar-refractivity contribution in [3.8, 4) is 0 Å². The van der Waals surface area contributed by atoms with Crippen molar-refractivity contribution in [3.63, 3.8) is 0 Å². The molecule has 2 unspecified atom stereocenters. The van der Waals surface area contributed by atoms with Crippen LogP contribution in [0, 0.1) is 10.1 Å². The molecule has 110 valence electrons. The zero-order valence-corrected chi connectivity index (χ0v) is 11.4. The van der Waals surface area contributed by atoms with Gasteiger partial charge < -0.3 is 14.5 Å². The second kappa shape index (κ2) is 5.51. The molecular weight excluding hydrogens is 262 g/mol. The van der Waals surface area contributed by atoms with Crippen LogP contribution in [0.2, 0.25) is 0 Å². The summed E-state index contributed by atoms with van der Waals surface area (Å²) >= 11 is 0. The Balaban J connectivity index is 1.87. The van der Waals surface area contributed by atoms with Crippen LogP contribution in [0.15, 0.2) is 16.5 Å². The van der Waals surface area contributed by atoms with Crippen molar-refractivity contribution in [1.29, 1.82) is 0 Å². The molecule has 1 saturated heterocycles. The Labute approximate surface area is 117 Å². The number of ether oxygens (including phenoxy) is 1. The quantitative estimate of drug-likeness (QED) is 0.647. The molecule has 0 bridgehead atoms. The largest absolute Gasteiger partial charge is 0.433 e. The fourth-order valence-corrected chi connectivity index (χ4v) is 2.89. The van der Waals surface area contributed by atoms with E-state index in [0.29, 0.717) is 25.0 Å². The summed E-state index contributed by atoms with van der Waals surface area (Å²) in [6.07, 6.45) is 2.33.